The van der Waals surface area contributed by atoms with Gasteiger partial charge >= 0.3 is 6.09 Å². The summed E-state index contributed by atoms with van der Waals surface area (Å²) in [6.45, 7) is 3.28. The minimum atomic E-state index is -0.327. The molecule has 1 aromatic rings. The number of carbonyl (C=O) groups excluding carboxylic acids is 1. The first-order valence-corrected chi connectivity index (χ1v) is 6.73. The second-order valence-electron chi connectivity index (χ2n) is 4.29. The number of ether oxygens (including phenoxy) is 1. The molecule has 0 bridgehead atoms. The van der Waals surface area contributed by atoms with Crippen molar-refractivity contribution in [3.63, 3.8) is 0 Å². The molecule has 0 spiro atoms. The van der Waals surface area contributed by atoms with Gasteiger partial charge in [0.2, 0.25) is 0 Å². The Bertz CT molecular complexity index is 382. The molecule has 1 aromatic carbocycles. The number of benzene rings is 1. The molecule has 0 N–H and O–H groups in total. The lowest BCUT2D eigenvalue weighted by Gasteiger charge is -2.18. The van der Waals surface area contributed by atoms with Gasteiger partial charge in [0.1, 0.15) is 5.60 Å². The van der Waals surface area contributed by atoms with Gasteiger partial charge in [-0.1, -0.05) is 52.9 Å². The monoisotopic (exact) mass is 331 g/mol. The summed E-state index contributed by atoms with van der Waals surface area (Å²) in [7, 11) is 0. The molecule has 1 heterocycles. The van der Waals surface area contributed by atoms with Crippen molar-refractivity contribution in [2.24, 2.45) is 0 Å². The summed E-state index contributed by atoms with van der Waals surface area (Å²) in [5, 5.41) is 0. The van der Waals surface area contributed by atoms with Gasteiger partial charge in [0.25, 0.3) is 0 Å². The molecule has 1 aliphatic heterocycles. The number of carbonyl (C=O) groups is 1. The minimum absolute atomic E-state index is 0.206. The van der Waals surface area contributed by atoms with Gasteiger partial charge in [-0.3, -0.25) is 4.90 Å². The van der Waals surface area contributed by atoms with Gasteiger partial charge in [-0.2, -0.15) is 0 Å². The van der Waals surface area contributed by atoms with Gasteiger partial charge < -0.3 is 4.74 Å². The first kappa shape index (κ1) is 11.7. The van der Waals surface area contributed by atoms with Crippen LogP contribution >= 0.6 is 22.6 Å². The van der Waals surface area contributed by atoms with Crippen molar-refractivity contribution in [3.8, 4) is 0 Å². The summed E-state index contributed by atoms with van der Waals surface area (Å²) in [4.78, 5) is 13.4. The van der Waals surface area contributed by atoms with E-state index in [1.54, 1.807) is 4.90 Å². The molecule has 1 amide bonds. The molecular formula is C12H14INO2. The van der Waals surface area contributed by atoms with Crippen LogP contribution in [0.2, 0.25) is 0 Å². The maximum atomic E-state index is 11.7. The molecule has 0 aliphatic carbocycles. The highest BCUT2D eigenvalue weighted by Gasteiger charge is 2.40. The zero-order valence-corrected chi connectivity index (χ0v) is 11.3. The third-order valence-corrected chi connectivity index (χ3v) is 4.23. The van der Waals surface area contributed by atoms with Crippen molar-refractivity contribution in [3.05, 3.63) is 35.9 Å². The topological polar surface area (TPSA) is 29.5 Å². The number of amides is 1. The van der Waals surface area contributed by atoms with Crippen LogP contribution in [0.4, 0.5) is 4.79 Å². The molecule has 1 saturated heterocycles. The van der Waals surface area contributed by atoms with Crippen molar-refractivity contribution in [2.45, 2.75) is 19.1 Å². The highest BCUT2D eigenvalue weighted by Crippen LogP contribution is 2.25. The summed E-state index contributed by atoms with van der Waals surface area (Å²) in [5.41, 5.74) is 0.809. The molecule has 4 heteroatoms. The van der Waals surface area contributed by atoms with E-state index in [-0.39, 0.29) is 11.7 Å². The second kappa shape index (κ2) is 4.61. The average Bonchev–Trinajstić information content (AvgIpc) is 2.57. The third kappa shape index (κ3) is 2.48. The number of nitrogens with zero attached hydrogens (tertiary/aromatic N) is 1. The van der Waals surface area contributed by atoms with E-state index >= 15 is 0 Å². The molecule has 1 fully saturated rings. The SMILES string of the molecule is CC1(CI)CN(Cc2ccccc2)C(=O)O1. The third-order valence-electron chi connectivity index (χ3n) is 2.62. The Kier molecular flexibility index (Phi) is 3.37. The highest BCUT2D eigenvalue weighted by molar-refractivity contribution is 14.1. The molecule has 2 rings (SSSR count). The molecule has 0 radical (unpaired) electrons. The van der Waals surface area contributed by atoms with Crippen LogP contribution < -0.4 is 0 Å². The lowest BCUT2D eigenvalue weighted by molar-refractivity contribution is 0.0910. The summed E-state index contributed by atoms with van der Waals surface area (Å²) in [5.74, 6) is 0. The Labute approximate surface area is 109 Å². The van der Waals surface area contributed by atoms with Gasteiger partial charge in [0, 0.05) is 11.0 Å². The van der Waals surface area contributed by atoms with E-state index in [1.165, 1.54) is 0 Å². The van der Waals surface area contributed by atoms with Gasteiger partial charge in [0.05, 0.1) is 6.54 Å². The van der Waals surface area contributed by atoms with E-state index in [9.17, 15) is 4.79 Å². The average molecular weight is 331 g/mol. The van der Waals surface area contributed by atoms with Crippen LogP contribution in [0.3, 0.4) is 0 Å². The predicted octanol–water partition coefficient (Wildman–Crippen LogP) is 2.83. The Balaban J connectivity index is 2.05. The molecule has 3 nitrogen and oxygen atoms in total. The Hall–Kier alpha value is -0.780. The van der Waals surface area contributed by atoms with Crippen molar-refractivity contribution in [1.82, 2.24) is 4.90 Å². The first-order chi connectivity index (χ1) is 7.63. The van der Waals surface area contributed by atoms with Crippen LogP contribution in [0.5, 0.6) is 0 Å². The standard InChI is InChI=1S/C12H14INO2/c1-12(8-13)9-14(11(15)16-12)7-10-5-3-2-4-6-10/h2-6H,7-9H2,1H3. The van der Waals surface area contributed by atoms with Crippen molar-refractivity contribution in [2.75, 3.05) is 11.0 Å². The smallest absolute Gasteiger partial charge is 0.410 e. The number of hydrogen-bond donors (Lipinski definition) is 0. The number of cyclic esters (lactones) is 1. The molecule has 1 atom stereocenters. The second-order valence-corrected chi connectivity index (χ2v) is 5.06. The van der Waals surface area contributed by atoms with Crippen LogP contribution in [0.25, 0.3) is 0 Å². The number of halogens is 1. The number of hydrogen-bond acceptors (Lipinski definition) is 2. The molecule has 1 unspecified atom stereocenters. The fraction of sp³-hybridized carbons (Fsp3) is 0.417. The van der Waals surface area contributed by atoms with Gasteiger partial charge in [-0.05, 0) is 12.5 Å². The maximum absolute atomic E-state index is 11.7. The van der Waals surface area contributed by atoms with Crippen LogP contribution in [-0.4, -0.2) is 27.6 Å². The highest BCUT2D eigenvalue weighted by atomic mass is 127. The maximum Gasteiger partial charge on any atom is 0.410 e. The number of alkyl halides is 1. The zero-order valence-electron chi connectivity index (χ0n) is 9.15. The zero-order chi connectivity index (χ0) is 11.6. The van der Waals surface area contributed by atoms with Gasteiger partial charge in [0.15, 0.2) is 0 Å². The number of rotatable bonds is 3. The van der Waals surface area contributed by atoms with Crippen molar-refractivity contribution in [1.29, 1.82) is 0 Å². The van der Waals surface area contributed by atoms with E-state index in [1.807, 2.05) is 37.3 Å². The summed E-state index contributed by atoms with van der Waals surface area (Å²) < 4.78 is 6.18. The Morgan fingerprint density at radius 1 is 1.44 bits per heavy atom. The fourth-order valence-electron chi connectivity index (χ4n) is 1.77. The quantitative estimate of drug-likeness (QED) is 0.630. The summed E-state index contributed by atoms with van der Waals surface area (Å²) in [6.07, 6.45) is -0.206. The van der Waals surface area contributed by atoms with Crippen LogP contribution in [0.15, 0.2) is 30.3 Å². The lowest BCUT2D eigenvalue weighted by atomic mass is 10.1. The Morgan fingerprint density at radius 2 is 2.12 bits per heavy atom. The van der Waals surface area contributed by atoms with Crippen molar-refractivity contribution < 1.29 is 9.53 Å². The summed E-state index contributed by atoms with van der Waals surface area (Å²) in [6, 6.07) is 9.98. The molecule has 86 valence electrons. The molecule has 16 heavy (non-hydrogen) atoms. The lowest BCUT2D eigenvalue weighted by Crippen LogP contribution is -2.32. The normalized spacial score (nSPS) is 24.6. The first-order valence-electron chi connectivity index (χ1n) is 5.21. The van der Waals surface area contributed by atoms with E-state index in [2.05, 4.69) is 22.6 Å². The predicted molar refractivity (Wildman–Crippen MR) is 70.6 cm³/mol. The van der Waals surface area contributed by atoms with Gasteiger partial charge in [-0.15, -0.1) is 0 Å². The molecular weight excluding hydrogens is 317 g/mol. The van der Waals surface area contributed by atoms with Crippen LogP contribution in [-0.2, 0) is 11.3 Å². The minimum Gasteiger partial charge on any atom is -0.440 e. The largest absolute Gasteiger partial charge is 0.440 e. The van der Waals surface area contributed by atoms with E-state index in [4.69, 9.17) is 4.74 Å². The van der Waals surface area contributed by atoms with E-state index in [0.29, 0.717) is 13.1 Å². The molecule has 0 saturated carbocycles. The fourth-order valence-corrected chi connectivity index (χ4v) is 2.17. The van der Waals surface area contributed by atoms with E-state index < -0.39 is 0 Å². The van der Waals surface area contributed by atoms with Crippen LogP contribution in [0.1, 0.15) is 12.5 Å². The molecule has 0 aromatic heterocycles. The van der Waals surface area contributed by atoms with E-state index in [0.717, 1.165) is 9.99 Å². The molecule has 1 aliphatic rings. The summed E-state index contributed by atoms with van der Waals surface area (Å²) >= 11 is 2.25. The Morgan fingerprint density at radius 3 is 2.69 bits per heavy atom. The van der Waals surface area contributed by atoms with Gasteiger partial charge in [-0.25, -0.2) is 4.79 Å². The van der Waals surface area contributed by atoms with Crippen LogP contribution in [0, 0.1) is 0 Å². The van der Waals surface area contributed by atoms with Crippen molar-refractivity contribution >= 4 is 28.7 Å².